The van der Waals surface area contributed by atoms with Gasteiger partial charge in [0, 0.05) is 39.2 Å². The number of phenolic OH excluding ortho intramolecular Hbond substituents is 1. The van der Waals surface area contributed by atoms with Crippen molar-refractivity contribution in [3.8, 4) is 61.9 Å². The predicted molar refractivity (Wildman–Crippen MR) is 192 cm³/mol. The third-order valence-corrected chi connectivity index (χ3v) is 8.93. The summed E-state index contributed by atoms with van der Waals surface area (Å²) >= 11 is 0. The van der Waals surface area contributed by atoms with Crippen molar-refractivity contribution >= 4 is 27.6 Å². The molecule has 0 amide bonds. The molecule has 5 aromatic carbocycles. The van der Waals surface area contributed by atoms with E-state index in [0.29, 0.717) is 11.3 Å². The number of aryl methyl sites for hydroxylation is 1. The lowest BCUT2D eigenvalue weighted by molar-refractivity contribution is 0.477. The Bertz CT molecular complexity index is 2590. The molecule has 0 aliphatic rings. The molecule has 1 N–H and O–H groups in total. The minimum atomic E-state index is 0.172. The molecule has 0 fully saturated rings. The van der Waals surface area contributed by atoms with Gasteiger partial charge in [0.1, 0.15) is 22.6 Å². The van der Waals surface area contributed by atoms with Gasteiger partial charge in [-0.15, -0.1) is 0 Å². The quantitative estimate of drug-likeness (QED) is 0.207. The maximum Gasteiger partial charge on any atom is 0.154 e. The summed E-state index contributed by atoms with van der Waals surface area (Å²) < 4.78 is 8.51. The van der Waals surface area contributed by atoms with Crippen molar-refractivity contribution in [2.45, 2.75) is 6.92 Å². The van der Waals surface area contributed by atoms with E-state index in [1.807, 2.05) is 89.4 Å². The Morgan fingerprint density at radius 3 is 2.15 bits per heavy atom. The number of fused-ring (bicyclic) bond motifs is 4. The SMILES string of the molecule is Cc1ccccc1-c1cc(-c2ccccc2O)nc(-c2cc(-c3nc4cccnn4c3-c3ccccc3)cc3c2oc2ccccc23)c1. The van der Waals surface area contributed by atoms with E-state index >= 15 is 0 Å². The van der Waals surface area contributed by atoms with Crippen LogP contribution in [0.25, 0.3) is 83.7 Å². The second-order valence-corrected chi connectivity index (χ2v) is 11.9. The molecule has 0 bridgehead atoms. The second-order valence-electron chi connectivity index (χ2n) is 11.9. The number of aromatic nitrogens is 4. The maximum absolute atomic E-state index is 10.9. The first-order valence-corrected chi connectivity index (χ1v) is 15.8. The van der Waals surface area contributed by atoms with Gasteiger partial charge in [0.15, 0.2) is 5.65 Å². The van der Waals surface area contributed by atoms with Crippen LogP contribution < -0.4 is 0 Å². The van der Waals surface area contributed by atoms with Gasteiger partial charge in [-0.1, -0.05) is 84.9 Å². The number of furan rings is 1. The van der Waals surface area contributed by atoms with Crippen LogP contribution in [-0.2, 0) is 0 Å². The second kappa shape index (κ2) is 11.1. The van der Waals surface area contributed by atoms with Crippen LogP contribution in [0.1, 0.15) is 5.56 Å². The van der Waals surface area contributed by atoms with Crippen LogP contribution in [0.15, 0.2) is 150 Å². The van der Waals surface area contributed by atoms with Crippen molar-refractivity contribution in [3.63, 3.8) is 0 Å². The maximum atomic E-state index is 10.9. The summed E-state index contributed by atoms with van der Waals surface area (Å²) in [5, 5.41) is 17.6. The fourth-order valence-corrected chi connectivity index (χ4v) is 6.65. The molecule has 0 saturated heterocycles. The van der Waals surface area contributed by atoms with E-state index in [9.17, 15) is 5.11 Å². The third kappa shape index (κ3) is 4.54. The predicted octanol–water partition coefficient (Wildman–Crippen LogP) is 10.4. The molecule has 4 aromatic heterocycles. The Morgan fingerprint density at radius 1 is 0.583 bits per heavy atom. The van der Waals surface area contributed by atoms with Gasteiger partial charge in [0.25, 0.3) is 0 Å². The Labute approximate surface area is 276 Å². The zero-order valence-electron chi connectivity index (χ0n) is 26.0. The van der Waals surface area contributed by atoms with Crippen LogP contribution in [0.5, 0.6) is 5.75 Å². The van der Waals surface area contributed by atoms with Crippen LogP contribution in [-0.4, -0.2) is 24.7 Å². The summed E-state index contributed by atoms with van der Waals surface area (Å²) in [6.07, 6.45) is 1.78. The number of hydrogen-bond donors (Lipinski definition) is 1. The first kappa shape index (κ1) is 27.8. The molecule has 4 heterocycles. The zero-order valence-corrected chi connectivity index (χ0v) is 26.0. The van der Waals surface area contributed by atoms with Crippen molar-refractivity contribution in [2.24, 2.45) is 0 Å². The summed E-state index contributed by atoms with van der Waals surface area (Å²) in [6, 6.07) is 46.3. The van der Waals surface area contributed by atoms with E-state index < -0.39 is 0 Å². The average Bonchev–Trinajstić information content (AvgIpc) is 3.71. The lowest BCUT2D eigenvalue weighted by Gasteiger charge is -2.14. The fourth-order valence-electron chi connectivity index (χ4n) is 6.65. The van der Waals surface area contributed by atoms with Gasteiger partial charge in [-0.05, 0) is 78.2 Å². The van der Waals surface area contributed by atoms with E-state index in [1.165, 1.54) is 0 Å². The molecule has 6 nitrogen and oxygen atoms in total. The van der Waals surface area contributed by atoms with E-state index in [0.717, 1.165) is 78.0 Å². The lowest BCUT2D eigenvalue weighted by atomic mass is 9.94. The highest BCUT2D eigenvalue weighted by Gasteiger charge is 2.22. The number of nitrogens with zero attached hydrogens (tertiary/aromatic N) is 4. The summed E-state index contributed by atoms with van der Waals surface area (Å²) in [4.78, 5) is 10.3. The van der Waals surface area contributed by atoms with Crippen LogP contribution in [0, 0.1) is 6.92 Å². The van der Waals surface area contributed by atoms with Crippen LogP contribution >= 0.6 is 0 Å². The van der Waals surface area contributed by atoms with E-state index in [4.69, 9.17) is 19.5 Å². The van der Waals surface area contributed by atoms with Crippen molar-refractivity contribution in [3.05, 3.63) is 151 Å². The largest absolute Gasteiger partial charge is 0.507 e. The number of imidazole rings is 1. The Kier molecular flexibility index (Phi) is 6.40. The molecular formula is C42H28N4O2. The van der Waals surface area contributed by atoms with Crippen molar-refractivity contribution in [2.75, 3.05) is 0 Å². The van der Waals surface area contributed by atoms with Crippen molar-refractivity contribution in [1.82, 2.24) is 19.6 Å². The van der Waals surface area contributed by atoms with Crippen LogP contribution in [0.2, 0.25) is 0 Å². The topological polar surface area (TPSA) is 76.5 Å². The number of para-hydroxylation sites is 2. The number of benzene rings is 5. The summed E-state index contributed by atoms with van der Waals surface area (Å²) in [6.45, 7) is 2.11. The van der Waals surface area contributed by atoms with Gasteiger partial charge >= 0.3 is 0 Å². The average molecular weight is 621 g/mol. The molecule has 0 atom stereocenters. The number of rotatable bonds is 5. The summed E-state index contributed by atoms with van der Waals surface area (Å²) in [7, 11) is 0. The lowest BCUT2D eigenvalue weighted by Crippen LogP contribution is -1.95. The molecule has 228 valence electrons. The number of aromatic hydroxyl groups is 1. The minimum Gasteiger partial charge on any atom is -0.507 e. The molecule has 0 radical (unpaired) electrons. The van der Waals surface area contributed by atoms with Gasteiger partial charge in [-0.3, -0.25) is 0 Å². The Balaban J connectivity index is 1.38. The zero-order chi connectivity index (χ0) is 32.2. The van der Waals surface area contributed by atoms with Gasteiger partial charge in [-0.25, -0.2) is 14.5 Å². The highest BCUT2D eigenvalue weighted by atomic mass is 16.3. The molecule has 0 unspecified atom stereocenters. The normalized spacial score (nSPS) is 11.5. The summed E-state index contributed by atoms with van der Waals surface area (Å²) in [5.41, 5.74) is 12.0. The van der Waals surface area contributed by atoms with Crippen LogP contribution in [0.3, 0.4) is 0 Å². The first-order chi connectivity index (χ1) is 23.6. The highest BCUT2D eigenvalue weighted by molar-refractivity contribution is 6.11. The summed E-state index contributed by atoms with van der Waals surface area (Å²) in [5.74, 6) is 0.172. The molecule has 0 aliphatic carbocycles. The Morgan fingerprint density at radius 2 is 1.31 bits per heavy atom. The van der Waals surface area contributed by atoms with Crippen molar-refractivity contribution < 1.29 is 9.52 Å². The van der Waals surface area contributed by atoms with Crippen LogP contribution in [0.4, 0.5) is 0 Å². The van der Waals surface area contributed by atoms with Gasteiger partial charge in [0.05, 0.1) is 17.1 Å². The molecule has 0 aliphatic heterocycles. The van der Waals surface area contributed by atoms with E-state index in [-0.39, 0.29) is 5.75 Å². The van der Waals surface area contributed by atoms with Gasteiger partial charge in [0.2, 0.25) is 0 Å². The van der Waals surface area contributed by atoms with E-state index in [1.54, 1.807) is 12.3 Å². The van der Waals surface area contributed by atoms with Crippen molar-refractivity contribution in [1.29, 1.82) is 0 Å². The number of hydrogen-bond acceptors (Lipinski definition) is 5. The fraction of sp³-hybridized carbons (Fsp3) is 0.0238. The highest BCUT2D eigenvalue weighted by Crippen LogP contribution is 2.43. The number of phenols is 1. The molecule has 48 heavy (non-hydrogen) atoms. The first-order valence-electron chi connectivity index (χ1n) is 15.8. The molecule has 9 rings (SSSR count). The molecule has 6 heteroatoms. The number of pyridine rings is 1. The van der Waals surface area contributed by atoms with E-state index in [2.05, 4.69) is 55.5 Å². The molecular weight excluding hydrogens is 592 g/mol. The monoisotopic (exact) mass is 620 g/mol. The Hall–Kier alpha value is -6.53. The minimum absolute atomic E-state index is 0.172. The van der Waals surface area contributed by atoms with Gasteiger partial charge in [-0.2, -0.15) is 5.10 Å². The molecule has 0 saturated carbocycles. The molecule has 0 spiro atoms. The third-order valence-electron chi connectivity index (χ3n) is 8.93. The standard InChI is InChI=1S/C42H28N4O2/c1-26-12-5-6-15-30(26)28-24-35(32-17-7-9-18-37(32)47)44-36(25-28)34-23-29(22-33-31-16-8-10-19-38(31)48-42(33)34)40-41(27-13-3-2-4-14-27)46-39(45-40)20-11-21-43-46/h2-25,47H,1H3. The van der Waals surface area contributed by atoms with Gasteiger partial charge < -0.3 is 9.52 Å². The molecule has 9 aromatic rings. The smallest absolute Gasteiger partial charge is 0.154 e.